The third-order valence-corrected chi connectivity index (χ3v) is 6.05. The molecule has 0 aromatic carbocycles. The highest BCUT2D eigenvalue weighted by Gasteiger charge is 2.20. The largest absolute Gasteiger partial charge is 0.393 e. The molecule has 2 aliphatic rings. The molecule has 1 aliphatic carbocycles. The molecular weight excluding hydrogens is 280 g/mol. The second-order valence-electron chi connectivity index (χ2n) is 6.73. The first-order chi connectivity index (χ1) is 10.3. The van der Waals surface area contributed by atoms with Crippen molar-refractivity contribution in [2.24, 2.45) is 5.92 Å². The molecule has 1 unspecified atom stereocenters. The third kappa shape index (κ3) is 4.49. The predicted molar refractivity (Wildman–Crippen MR) is 88.7 cm³/mol. The number of thioether (sulfide) groups is 1. The molecule has 1 aromatic rings. The molecule has 2 heterocycles. The van der Waals surface area contributed by atoms with Crippen molar-refractivity contribution in [1.82, 2.24) is 9.78 Å². The lowest BCUT2D eigenvalue weighted by atomic mass is 9.94. The van der Waals surface area contributed by atoms with Crippen molar-refractivity contribution >= 4 is 11.8 Å². The molecule has 2 fully saturated rings. The average molecular weight is 308 g/mol. The van der Waals surface area contributed by atoms with E-state index in [1.807, 2.05) is 0 Å². The summed E-state index contributed by atoms with van der Waals surface area (Å²) in [6.45, 7) is 0. The summed E-state index contributed by atoms with van der Waals surface area (Å²) in [5.74, 6) is 3.27. The van der Waals surface area contributed by atoms with Crippen molar-refractivity contribution in [2.45, 2.75) is 69.9 Å². The molecule has 1 aromatic heterocycles. The summed E-state index contributed by atoms with van der Waals surface area (Å²) < 4.78 is 2.15. The van der Waals surface area contributed by atoms with E-state index in [-0.39, 0.29) is 6.10 Å². The highest BCUT2D eigenvalue weighted by molar-refractivity contribution is 7.99. The first kappa shape index (κ1) is 15.4. The van der Waals surface area contributed by atoms with Gasteiger partial charge >= 0.3 is 0 Å². The van der Waals surface area contributed by atoms with E-state index in [9.17, 15) is 5.11 Å². The number of nitrogens with zero attached hydrogens (tertiary/aromatic N) is 2. The van der Waals surface area contributed by atoms with Crippen LogP contribution in [-0.2, 0) is 6.42 Å². The van der Waals surface area contributed by atoms with Gasteiger partial charge in [-0.05, 0) is 55.6 Å². The summed E-state index contributed by atoms with van der Waals surface area (Å²) in [6, 6.07) is 2.70. The minimum absolute atomic E-state index is 0.215. The van der Waals surface area contributed by atoms with Crippen LogP contribution in [0.2, 0.25) is 0 Å². The lowest BCUT2D eigenvalue weighted by Gasteiger charge is -2.23. The molecular formula is C17H28N2OS. The Morgan fingerprint density at radius 2 is 1.95 bits per heavy atom. The Morgan fingerprint density at radius 1 is 1.19 bits per heavy atom. The topological polar surface area (TPSA) is 38.0 Å². The van der Waals surface area contributed by atoms with Gasteiger partial charge in [-0.25, -0.2) is 0 Å². The Labute approximate surface area is 132 Å². The predicted octanol–water partition coefficient (Wildman–Crippen LogP) is 3.83. The average Bonchev–Trinajstić information content (AvgIpc) is 2.97. The van der Waals surface area contributed by atoms with Gasteiger partial charge in [-0.3, -0.25) is 4.68 Å². The molecule has 4 heteroatoms. The van der Waals surface area contributed by atoms with Gasteiger partial charge in [-0.2, -0.15) is 16.9 Å². The second-order valence-corrected chi connectivity index (χ2v) is 7.95. The van der Waals surface area contributed by atoms with Crippen molar-refractivity contribution in [3.8, 4) is 0 Å². The number of hydrogen-bond acceptors (Lipinski definition) is 3. The molecule has 3 rings (SSSR count). The van der Waals surface area contributed by atoms with Gasteiger partial charge in [0.2, 0.25) is 0 Å². The maximum atomic E-state index is 10.3. The van der Waals surface area contributed by atoms with Crippen LogP contribution in [0.4, 0.5) is 0 Å². The van der Waals surface area contributed by atoms with Gasteiger partial charge in [0.05, 0.1) is 17.8 Å². The van der Waals surface area contributed by atoms with Crippen molar-refractivity contribution in [3.05, 3.63) is 18.0 Å². The number of rotatable bonds is 5. The Balaban J connectivity index is 1.49. The van der Waals surface area contributed by atoms with Crippen LogP contribution < -0.4 is 0 Å². The van der Waals surface area contributed by atoms with Crippen LogP contribution in [-0.4, -0.2) is 32.5 Å². The van der Waals surface area contributed by atoms with E-state index < -0.39 is 0 Å². The zero-order valence-electron chi connectivity index (χ0n) is 12.9. The molecule has 1 N–H and O–H groups in total. The van der Waals surface area contributed by atoms with Crippen LogP contribution in [0.15, 0.2) is 12.3 Å². The summed E-state index contributed by atoms with van der Waals surface area (Å²) >= 11 is 2.05. The highest BCUT2D eigenvalue weighted by atomic mass is 32.2. The van der Waals surface area contributed by atoms with Crippen LogP contribution in [0.5, 0.6) is 0 Å². The van der Waals surface area contributed by atoms with Gasteiger partial charge in [0, 0.05) is 12.6 Å². The molecule has 1 aliphatic heterocycles. The Kier molecular flexibility index (Phi) is 5.64. The van der Waals surface area contributed by atoms with E-state index in [1.54, 1.807) is 0 Å². The van der Waals surface area contributed by atoms with Gasteiger partial charge in [0.25, 0.3) is 0 Å². The minimum Gasteiger partial charge on any atom is -0.393 e. The number of hydrogen-bond donors (Lipinski definition) is 1. The summed E-state index contributed by atoms with van der Waals surface area (Å²) in [7, 11) is 0. The molecule has 21 heavy (non-hydrogen) atoms. The maximum absolute atomic E-state index is 10.3. The minimum atomic E-state index is -0.215. The standard InChI is InChI=1S/C17H28N2OS/c20-17(12-14-7-10-21-11-8-14)13-15-6-9-19(18-15)16-4-2-1-3-5-16/h6,9,14,16-17,20H,1-5,7-8,10-13H2. The van der Waals surface area contributed by atoms with Crippen LogP contribution >= 0.6 is 11.8 Å². The SMILES string of the molecule is OC(Cc1ccn(C2CCCCC2)n1)CC1CCSCC1. The van der Waals surface area contributed by atoms with E-state index in [4.69, 9.17) is 5.10 Å². The number of aliphatic hydroxyl groups is 1. The quantitative estimate of drug-likeness (QED) is 0.898. The number of aromatic nitrogens is 2. The fourth-order valence-corrected chi connectivity index (χ4v) is 4.93. The van der Waals surface area contributed by atoms with E-state index in [1.165, 1.54) is 56.5 Å². The first-order valence-electron chi connectivity index (χ1n) is 8.61. The first-order valence-corrected chi connectivity index (χ1v) is 9.76. The van der Waals surface area contributed by atoms with Gasteiger partial charge in [-0.15, -0.1) is 0 Å². The maximum Gasteiger partial charge on any atom is 0.0650 e. The van der Waals surface area contributed by atoms with Crippen molar-refractivity contribution in [1.29, 1.82) is 0 Å². The molecule has 0 amide bonds. The van der Waals surface area contributed by atoms with Crippen LogP contribution in [0.25, 0.3) is 0 Å². The second kappa shape index (κ2) is 7.68. The Morgan fingerprint density at radius 3 is 2.71 bits per heavy atom. The Hall–Kier alpha value is -0.480. The normalized spacial score (nSPS) is 23.3. The summed E-state index contributed by atoms with van der Waals surface area (Å²) in [6.07, 6.45) is 12.7. The molecule has 0 bridgehead atoms. The van der Waals surface area contributed by atoms with Crippen LogP contribution in [0, 0.1) is 5.92 Å². The van der Waals surface area contributed by atoms with Crippen molar-refractivity contribution in [2.75, 3.05) is 11.5 Å². The molecule has 3 nitrogen and oxygen atoms in total. The monoisotopic (exact) mass is 308 g/mol. The van der Waals surface area contributed by atoms with Crippen molar-refractivity contribution < 1.29 is 5.11 Å². The fraction of sp³-hybridized carbons (Fsp3) is 0.824. The van der Waals surface area contributed by atoms with E-state index in [0.717, 1.165) is 24.5 Å². The molecule has 1 atom stereocenters. The molecule has 1 saturated heterocycles. The van der Waals surface area contributed by atoms with Crippen LogP contribution in [0.3, 0.4) is 0 Å². The molecule has 118 valence electrons. The van der Waals surface area contributed by atoms with E-state index in [0.29, 0.717) is 6.04 Å². The fourth-order valence-electron chi connectivity index (χ4n) is 3.73. The lowest BCUT2D eigenvalue weighted by Crippen LogP contribution is -2.20. The van der Waals surface area contributed by atoms with E-state index >= 15 is 0 Å². The van der Waals surface area contributed by atoms with Gasteiger partial charge < -0.3 is 5.11 Å². The van der Waals surface area contributed by atoms with Crippen LogP contribution in [0.1, 0.15) is 63.1 Å². The summed E-state index contributed by atoms with van der Waals surface area (Å²) in [4.78, 5) is 0. The van der Waals surface area contributed by atoms with E-state index in [2.05, 4.69) is 28.7 Å². The zero-order valence-corrected chi connectivity index (χ0v) is 13.7. The van der Waals surface area contributed by atoms with Gasteiger partial charge in [0.1, 0.15) is 0 Å². The van der Waals surface area contributed by atoms with Crippen molar-refractivity contribution in [3.63, 3.8) is 0 Å². The van der Waals surface area contributed by atoms with Gasteiger partial charge in [-0.1, -0.05) is 19.3 Å². The molecule has 1 saturated carbocycles. The highest BCUT2D eigenvalue weighted by Crippen LogP contribution is 2.28. The lowest BCUT2D eigenvalue weighted by molar-refractivity contribution is 0.138. The smallest absolute Gasteiger partial charge is 0.0650 e. The van der Waals surface area contributed by atoms with Gasteiger partial charge in [0.15, 0.2) is 0 Å². The molecule has 0 radical (unpaired) electrons. The number of aliphatic hydroxyl groups excluding tert-OH is 1. The summed E-state index contributed by atoms with van der Waals surface area (Å²) in [5, 5.41) is 15.0. The third-order valence-electron chi connectivity index (χ3n) is 5.00. The zero-order chi connectivity index (χ0) is 14.5. The Bertz CT molecular complexity index is 422. The summed E-state index contributed by atoms with van der Waals surface area (Å²) in [5.41, 5.74) is 1.07. The molecule has 0 spiro atoms.